The fraction of sp³-hybridized carbons (Fsp3) is 0.667. The van der Waals surface area contributed by atoms with Crippen molar-refractivity contribution in [2.75, 3.05) is 0 Å². The number of nitrogens with one attached hydrogen (secondary N) is 1. The number of ether oxygens (including phenoxy) is 1. The lowest BCUT2D eigenvalue weighted by molar-refractivity contribution is -0.160. The molecule has 3 fully saturated rings. The Morgan fingerprint density at radius 2 is 1.93 bits per heavy atom. The molecule has 0 unspecified atom stereocenters. The van der Waals surface area contributed by atoms with Gasteiger partial charge in [-0.15, -0.1) is 0 Å². The van der Waals surface area contributed by atoms with Crippen molar-refractivity contribution in [1.82, 2.24) is 5.32 Å². The molecule has 5 heteroatoms. The first-order valence-corrected chi connectivity index (χ1v) is 11.2. The summed E-state index contributed by atoms with van der Waals surface area (Å²) in [6.07, 6.45) is 7.30. The predicted octanol–water partition coefficient (Wildman–Crippen LogP) is 4.51. The van der Waals surface area contributed by atoms with Gasteiger partial charge in [-0.2, -0.15) is 0 Å². The Bertz CT molecular complexity index is 773. The van der Waals surface area contributed by atoms with E-state index in [1.165, 1.54) is 37.8 Å². The van der Waals surface area contributed by atoms with Gasteiger partial charge in [-0.05, 0) is 81.4 Å². The molecule has 158 valence electrons. The van der Waals surface area contributed by atoms with Crippen molar-refractivity contribution < 1.29 is 18.7 Å². The molecule has 0 heterocycles. The SMILES string of the molecule is C[C@H](OC(=O)C1(c2cccc(F)c2)CCCC1)C(=O)N[C@@H](C)[C@H]1C[C@H]2CC[C@H]1C2. The van der Waals surface area contributed by atoms with Gasteiger partial charge in [0.15, 0.2) is 6.10 Å². The summed E-state index contributed by atoms with van der Waals surface area (Å²) in [7, 11) is 0. The zero-order chi connectivity index (χ0) is 20.6. The van der Waals surface area contributed by atoms with Gasteiger partial charge in [0.2, 0.25) is 0 Å². The van der Waals surface area contributed by atoms with Crippen molar-refractivity contribution in [1.29, 1.82) is 0 Å². The maximum absolute atomic E-state index is 13.8. The van der Waals surface area contributed by atoms with Crippen molar-refractivity contribution in [3.63, 3.8) is 0 Å². The van der Waals surface area contributed by atoms with Crippen molar-refractivity contribution in [3.05, 3.63) is 35.6 Å². The quantitative estimate of drug-likeness (QED) is 0.714. The van der Waals surface area contributed by atoms with Gasteiger partial charge in [-0.1, -0.05) is 31.4 Å². The Balaban J connectivity index is 1.39. The van der Waals surface area contributed by atoms with Crippen LogP contribution < -0.4 is 5.32 Å². The molecule has 2 bridgehead atoms. The topological polar surface area (TPSA) is 55.4 Å². The fourth-order valence-electron chi connectivity index (χ4n) is 6.06. The monoisotopic (exact) mass is 401 g/mol. The van der Waals surface area contributed by atoms with E-state index in [1.807, 2.05) is 0 Å². The molecule has 1 aromatic carbocycles. The van der Waals surface area contributed by atoms with Gasteiger partial charge in [-0.25, -0.2) is 4.39 Å². The Hall–Kier alpha value is -1.91. The van der Waals surface area contributed by atoms with E-state index in [1.54, 1.807) is 19.1 Å². The van der Waals surface area contributed by atoms with E-state index in [2.05, 4.69) is 12.2 Å². The molecule has 3 saturated carbocycles. The number of esters is 1. The van der Waals surface area contributed by atoms with Gasteiger partial charge >= 0.3 is 5.97 Å². The first-order valence-electron chi connectivity index (χ1n) is 11.2. The van der Waals surface area contributed by atoms with E-state index >= 15 is 0 Å². The number of hydrogen-bond acceptors (Lipinski definition) is 3. The molecular weight excluding hydrogens is 369 g/mol. The number of halogens is 1. The van der Waals surface area contributed by atoms with Crippen LogP contribution in [0.3, 0.4) is 0 Å². The van der Waals surface area contributed by atoms with Gasteiger partial charge in [0.05, 0.1) is 5.41 Å². The lowest BCUT2D eigenvalue weighted by Crippen LogP contribution is -2.46. The van der Waals surface area contributed by atoms with Crippen LogP contribution in [0.2, 0.25) is 0 Å². The van der Waals surface area contributed by atoms with E-state index in [9.17, 15) is 14.0 Å². The lowest BCUT2D eigenvalue weighted by atomic mass is 9.79. The zero-order valence-electron chi connectivity index (χ0n) is 17.5. The van der Waals surface area contributed by atoms with Crippen LogP contribution in [0.25, 0.3) is 0 Å². The molecule has 3 aliphatic rings. The minimum Gasteiger partial charge on any atom is -0.452 e. The Labute approximate surface area is 172 Å². The Morgan fingerprint density at radius 1 is 1.17 bits per heavy atom. The molecule has 0 radical (unpaired) electrons. The molecule has 0 saturated heterocycles. The van der Waals surface area contributed by atoms with Crippen LogP contribution in [0.4, 0.5) is 4.39 Å². The van der Waals surface area contributed by atoms with Crippen molar-refractivity contribution in [3.8, 4) is 0 Å². The van der Waals surface area contributed by atoms with Gasteiger partial charge in [0, 0.05) is 6.04 Å². The second-order valence-electron chi connectivity index (χ2n) is 9.48. The average Bonchev–Trinajstić information content (AvgIpc) is 3.44. The highest BCUT2D eigenvalue weighted by Crippen LogP contribution is 2.49. The van der Waals surface area contributed by atoms with Crippen LogP contribution in [0.1, 0.15) is 70.8 Å². The highest BCUT2D eigenvalue weighted by Gasteiger charge is 2.46. The third kappa shape index (κ3) is 3.93. The molecule has 5 atom stereocenters. The summed E-state index contributed by atoms with van der Waals surface area (Å²) in [4.78, 5) is 25.8. The number of rotatable bonds is 6. The highest BCUT2D eigenvalue weighted by molar-refractivity contribution is 5.88. The maximum Gasteiger partial charge on any atom is 0.317 e. The first kappa shape index (κ1) is 20.4. The fourth-order valence-corrected chi connectivity index (χ4v) is 6.06. The molecule has 4 rings (SSSR count). The third-order valence-corrected chi connectivity index (χ3v) is 7.68. The largest absolute Gasteiger partial charge is 0.452 e. The van der Waals surface area contributed by atoms with Crippen LogP contribution in [0, 0.1) is 23.6 Å². The van der Waals surface area contributed by atoms with Gasteiger partial charge in [0.25, 0.3) is 5.91 Å². The average molecular weight is 402 g/mol. The maximum atomic E-state index is 13.8. The summed E-state index contributed by atoms with van der Waals surface area (Å²) in [5, 5.41) is 3.09. The summed E-state index contributed by atoms with van der Waals surface area (Å²) < 4.78 is 19.4. The molecule has 1 N–H and O–H groups in total. The second kappa shape index (κ2) is 8.08. The summed E-state index contributed by atoms with van der Waals surface area (Å²) in [5.41, 5.74) is -0.185. The van der Waals surface area contributed by atoms with E-state index < -0.39 is 17.5 Å². The highest BCUT2D eigenvalue weighted by atomic mass is 19.1. The van der Waals surface area contributed by atoms with Crippen LogP contribution in [0.5, 0.6) is 0 Å². The Kier molecular flexibility index (Phi) is 5.67. The van der Waals surface area contributed by atoms with Crippen LogP contribution in [0.15, 0.2) is 24.3 Å². The molecule has 4 nitrogen and oxygen atoms in total. The standard InChI is InChI=1S/C24H32FNO3/c1-15(21-13-17-8-9-18(21)12-17)26-22(27)16(2)29-23(28)24(10-3-4-11-24)19-6-5-7-20(25)14-19/h5-7,14-18,21H,3-4,8-13H2,1-2H3,(H,26,27)/t15-,16-,17-,18-,21+/m0/s1. The number of hydrogen-bond donors (Lipinski definition) is 1. The molecule has 0 spiro atoms. The Morgan fingerprint density at radius 3 is 2.55 bits per heavy atom. The second-order valence-corrected chi connectivity index (χ2v) is 9.48. The number of amides is 1. The third-order valence-electron chi connectivity index (χ3n) is 7.68. The van der Waals surface area contributed by atoms with Crippen molar-refractivity contribution >= 4 is 11.9 Å². The van der Waals surface area contributed by atoms with E-state index in [0.717, 1.165) is 24.7 Å². The van der Waals surface area contributed by atoms with E-state index in [0.29, 0.717) is 24.3 Å². The summed E-state index contributed by atoms with van der Waals surface area (Å²) in [6.45, 7) is 3.71. The van der Waals surface area contributed by atoms with Gasteiger partial charge in [-0.3, -0.25) is 9.59 Å². The van der Waals surface area contributed by atoms with Crippen molar-refractivity contribution in [2.24, 2.45) is 17.8 Å². The first-order chi connectivity index (χ1) is 13.9. The zero-order valence-corrected chi connectivity index (χ0v) is 17.5. The molecule has 29 heavy (non-hydrogen) atoms. The summed E-state index contributed by atoms with van der Waals surface area (Å²) >= 11 is 0. The molecule has 1 amide bonds. The van der Waals surface area contributed by atoms with E-state index in [-0.39, 0.29) is 17.8 Å². The molecule has 0 aromatic heterocycles. The van der Waals surface area contributed by atoms with E-state index in [4.69, 9.17) is 4.74 Å². The molecule has 0 aliphatic heterocycles. The van der Waals surface area contributed by atoms with Crippen LogP contribution in [-0.4, -0.2) is 24.0 Å². The number of benzene rings is 1. The number of carbonyl (C=O) groups excluding carboxylic acids is 2. The molecular formula is C24H32FNO3. The number of carbonyl (C=O) groups is 2. The molecule has 1 aromatic rings. The molecule has 3 aliphatic carbocycles. The van der Waals surface area contributed by atoms with Gasteiger partial charge < -0.3 is 10.1 Å². The summed E-state index contributed by atoms with van der Waals surface area (Å²) in [6, 6.07) is 6.32. The summed E-state index contributed by atoms with van der Waals surface area (Å²) in [5.74, 6) is 1.09. The number of fused-ring (bicyclic) bond motifs is 2. The lowest BCUT2D eigenvalue weighted by Gasteiger charge is -2.31. The normalized spacial score (nSPS) is 29.4. The minimum absolute atomic E-state index is 0.0996. The smallest absolute Gasteiger partial charge is 0.317 e. The van der Waals surface area contributed by atoms with Gasteiger partial charge in [0.1, 0.15) is 5.82 Å². The minimum atomic E-state index is -0.852. The van der Waals surface area contributed by atoms with Crippen LogP contribution in [-0.2, 0) is 19.7 Å². The predicted molar refractivity (Wildman–Crippen MR) is 109 cm³/mol. The van der Waals surface area contributed by atoms with Crippen molar-refractivity contribution in [2.45, 2.75) is 82.8 Å². The van der Waals surface area contributed by atoms with Crippen LogP contribution >= 0.6 is 0 Å².